The molecule has 0 fully saturated rings. The molecule has 7 nitrogen and oxygen atoms in total. The topological polar surface area (TPSA) is 104 Å². The molecule has 4 rings (SSSR count). The normalized spacial score (nSPS) is 16.4. The highest BCUT2D eigenvalue weighted by Crippen LogP contribution is 2.41. The molecule has 0 saturated heterocycles. The second-order valence-corrected chi connectivity index (χ2v) is 6.99. The predicted octanol–water partition coefficient (Wildman–Crippen LogP) is 3.50. The molecule has 3 aromatic rings. The summed E-state index contributed by atoms with van der Waals surface area (Å²) < 4.78 is 2.08. The van der Waals surface area contributed by atoms with E-state index < -0.39 is 11.9 Å². The van der Waals surface area contributed by atoms with E-state index in [-0.39, 0.29) is 29.7 Å². The van der Waals surface area contributed by atoms with Crippen molar-refractivity contribution in [1.82, 2.24) is 9.55 Å². The minimum absolute atomic E-state index is 0.108. The Morgan fingerprint density at radius 1 is 1.30 bits per heavy atom. The standard InChI is InChI=1S/C20H19N3O4/c1-10(2)23-16-6-4-3-5-14(16)22-19(23)12-8-18(25)21-15-9-17(24)13(20(26)27)7-11(12)15/h3-7,9-10,12,24H,8H2,1-2H3,(H,21,25)(H,26,27). The molecule has 1 aliphatic heterocycles. The maximum atomic E-state index is 12.3. The minimum atomic E-state index is -1.22. The van der Waals surface area contributed by atoms with Gasteiger partial charge in [-0.15, -0.1) is 0 Å². The zero-order valence-corrected chi connectivity index (χ0v) is 14.9. The molecular formula is C20H19N3O4. The van der Waals surface area contributed by atoms with E-state index in [1.54, 1.807) is 0 Å². The summed E-state index contributed by atoms with van der Waals surface area (Å²) in [4.78, 5) is 28.5. The van der Waals surface area contributed by atoms with Gasteiger partial charge in [0.05, 0.1) is 17.0 Å². The Labute approximate surface area is 155 Å². The fraction of sp³-hybridized carbons (Fsp3) is 0.250. The number of carbonyl (C=O) groups excluding carboxylic acids is 1. The number of hydrogen-bond donors (Lipinski definition) is 3. The first-order chi connectivity index (χ1) is 12.9. The number of amides is 1. The summed E-state index contributed by atoms with van der Waals surface area (Å²) in [6.07, 6.45) is 0.160. The number of para-hydroxylation sites is 2. The van der Waals surface area contributed by atoms with E-state index in [2.05, 4.69) is 9.88 Å². The van der Waals surface area contributed by atoms with Gasteiger partial charge in [0.1, 0.15) is 17.1 Å². The lowest BCUT2D eigenvalue weighted by atomic mass is 9.88. The van der Waals surface area contributed by atoms with Gasteiger partial charge < -0.3 is 20.1 Å². The number of carboxylic acids is 1. The van der Waals surface area contributed by atoms with E-state index >= 15 is 0 Å². The van der Waals surface area contributed by atoms with E-state index in [0.29, 0.717) is 17.1 Å². The Hall–Kier alpha value is -3.35. The van der Waals surface area contributed by atoms with Gasteiger partial charge in [-0.2, -0.15) is 0 Å². The lowest BCUT2D eigenvalue weighted by Gasteiger charge is -2.27. The Bertz CT molecular complexity index is 1080. The molecule has 138 valence electrons. The first kappa shape index (κ1) is 17.1. The number of anilines is 1. The van der Waals surface area contributed by atoms with Crippen LogP contribution in [0.3, 0.4) is 0 Å². The predicted molar refractivity (Wildman–Crippen MR) is 100 cm³/mol. The number of nitrogens with zero attached hydrogens (tertiary/aromatic N) is 2. The van der Waals surface area contributed by atoms with Gasteiger partial charge in [0.15, 0.2) is 0 Å². The minimum Gasteiger partial charge on any atom is -0.507 e. The van der Waals surface area contributed by atoms with E-state index in [0.717, 1.165) is 11.0 Å². The van der Waals surface area contributed by atoms with E-state index in [1.807, 2.05) is 38.1 Å². The summed E-state index contributed by atoms with van der Waals surface area (Å²) in [5, 5.41) is 22.1. The fourth-order valence-electron chi connectivity index (χ4n) is 3.75. The van der Waals surface area contributed by atoms with Gasteiger partial charge in [0, 0.05) is 24.2 Å². The van der Waals surface area contributed by atoms with Crippen molar-refractivity contribution >= 4 is 28.6 Å². The highest BCUT2D eigenvalue weighted by atomic mass is 16.4. The molecule has 1 unspecified atom stereocenters. The fourth-order valence-corrected chi connectivity index (χ4v) is 3.75. The molecule has 2 heterocycles. The van der Waals surface area contributed by atoms with Crippen LogP contribution in [0.5, 0.6) is 5.75 Å². The molecule has 27 heavy (non-hydrogen) atoms. The number of rotatable bonds is 3. The molecule has 0 bridgehead atoms. The number of carboxylic acid groups (broad SMARTS) is 1. The molecule has 1 aromatic heterocycles. The number of fused-ring (bicyclic) bond motifs is 2. The smallest absolute Gasteiger partial charge is 0.339 e. The van der Waals surface area contributed by atoms with Crippen molar-refractivity contribution in [2.24, 2.45) is 0 Å². The quantitative estimate of drug-likeness (QED) is 0.659. The van der Waals surface area contributed by atoms with Crippen LogP contribution < -0.4 is 5.32 Å². The Morgan fingerprint density at radius 3 is 2.74 bits per heavy atom. The van der Waals surface area contributed by atoms with Crippen LogP contribution in [0.2, 0.25) is 0 Å². The van der Waals surface area contributed by atoms with Gasteiger partial charge in [-0.05, 0) is 37.6 Å². The molecule has 1 aliphatic rings. The molecule has 0 saturated carbocycles. The van der Waals surface area contributed by atoms with Crippen LogP contribution in [-0.4, -0.2) is 31.6 Å². The zero-order valence-electron chi connectivity index (χ0n) is 14.9. The van der Waals surface area contributed by atoms with Crippen LogP contribution in [0.1, 0.15) is 54.0 Å². The largest absolute Gasteiger partial charge is 0.507 e. The number of aromatic nitrogens is 2. The average molecular weight is 365 g/mol. The second kappa shape index (κ2) is 6.12. The van der Waals surface area contributed by atoms with Crippen LogP contribution in [0.15, 0.2) is 36.4 Å². The van der Waals surface area contributed by atoms with Crippen molar-refractivity contribution in [3.63, 3.8) is 0 Å². The molecule has 2 aromatic carbocycles. The van der Waals surface area contributed by atoms with Crippen molar-refractivity contribution < 1.29 is 19.8 Å². The zero-order chi connectivity index (χ0) is 19.3. The highest BCUT2D eigenvalue weighted by Gasteiger charge is 2.33. The summed E-state index contributed by atoms with van der Waals surface area (Å²) in [5.74, 6) is -1.48. The lowest BCUT2D eigenvalue weighted by Crippen LogP contribution is -2.26. The van der Waals surface area contributed by atoms with Crippen LogP contribution in [0.25, 0.3) is 11.0 Å². The summed E-state index contributed by atoms with van der Waals surface area (Å²) in [5.41, 5.74) is 2.66. The first-order valence-corrected chi connectivity index (χ1v) is 8.73. The van der Waals surface area contributed by atoms with Crippen molar-refractivity contribution in [3.05, 3.63) is 53.3 Å². The molecule has 0 aliphatic carbocycles. The third-order valence-electron chi connectivity index (χ3n) is 4.89. The van der Waals surface area contributed by atoms with Crippen LogP contribution in [0, 0.1) is 0 Å². The van der Waals surface area contributed by atoms with E-state index in [9.17, 15) is 19.8 Å². The third kappa shape index (κ3) is 2.71. The van der Waals surface area contributed by atoms with Crippen molar-refractivity contribution in [3.8, 4) is 5.75 Å². The maximum Gasteiger partial charge on any atom is 0.339 e. The lowest BCUT2D eigenvalue weighted by molar-refractivity contribution is -0.116. The number of phenols is 1. The van der Waals surface area contributed by atoms with E-state index in [1.165, 1.54) is 12.1 Å². The Kier molecular flexibility index (Phi) is 3.87. The van der Waals surface area contributed by atoms with Crippen molar-refractivity contribution in [2.75, 3.05) is 5.32 Å². The monoisotopic (exact) mass is 365 g/mol. The Morgan fingerprint density at radius 2 is 2.04 bits per heavy atom. The van der Waals surface area contributed by atoms with E-state index in [4.69, 9.17) is 4.98 Å². The van der Waals surface area contributed by atoms with Crippen LogP contribution in [-0.2, 0) is 4.79 Å². The third-order valence-corrected chi connectivity index (χ3v) is 4.89. The molecule has 0 radical (unpaired) electrons. The number of imidazole rings is 1. The number of carbonyl (C=O) groups is 2. The highest BCUT2D eigenvalue weighted by molar-refractivity contribution is 5.98. The van der Waals surface area contributed by atoms with Crippen LogP contribution >= 0.6 is 0 Å². The molecule has 1 amide bonds. The molecule has 3 N–H and O–H groups in total. The maximum absolute atomic E-state index is 12.3. The summed E-state index contributed by atoms with van der Waals surface area (Å²) in [6.45, 7) is 4.09. The number of hydrogen-bond acceptors (Lipinski definition) is 4. The molecule has 0 spiro atoms. The van der Waals surface area contributed by atoms with Gasteiger partial charge in [-0.1, -0.05) is 12.1 Å². The van der Waals surface area contributed by atoms with Gasteiger partial charge in [-0.25, -0.2) is 9.78 Å². The van der Waals surface area contributed by atoms with Crippen molar-refractivity contribution in [2.45, 2.75) is 32.2 Å². The van der Waals surface area contributed by atoms with Crippen LogP contribution in [0.4, 0.5) is 5.69 Å². The Balaban J connectivity index is 1.97. The average Bonchev–Trinajstić information content (AvgIpc) is 2.99. The first-order valence-electron chi connectivity index (χ1n) is 8.73. The molecule has 1 atom stereocenters. The number of aromatic hydroxyl groups is 1. The summed E-state index contributed by atoms with van der Waals surface area (Å²) in [6, 6.07) is 10.6. The molecule has 7 heteroatoms. The SMILES string of the molecule is CC(C)n1c(C2CC(=O)Nc3cc(O)c(C(=O)O)cc32)nc2ccccc21. The van der Waals surface area contributed by atoms with Gasteiger partial charge >= 0.3 is 5.97 Å². The van der Waals surface area contributed by atoms with Gasteiger partial charge in [0.25, 0.3) is 0 Å². The number of aromatic carboxylic acids is 1. The van der Waals surface area contributed by atoms with Gasteiger partial charge in [-0.3, -0.25) is 4.79 Å². The second-order valence-electron chi connectivity index (χ2n) is 6.99. The number of nitrogens with one attached hydrogen (secondary N) is 1. The van der Waals surface area contributed by atoms with Gasteiger partial charge in [0.2, 0.25) is 5.91 Å². The molecular weight excluding hydrogens is 346 g/mol. The number of benzene rings is 2. The summed E-state index contributed by atoms with van der Waals surface area (Å²) in [7, 11) is 0. The van der Waals surface area contributed by atoms with Crippen molar-refractivity contribution in [1.29, 1.82) is 0 Å². The summed E-state index contributed by atoms with van der Waals surface area (Å²) >= 11 is 0.